The smallest absolute Gasteiger partial charge is 0.189 e. The third kappa shape index (κ3) is 6.37. The average molecular weight is 443 g/mol. The Morgan fingerprint density at radius 2 is 2.00 bits per heavy atom. The van der Waals surface area contributed by atoms with Crippen molar-refractivity contribution in [3.05, 3.63) is 63.1 Å². The summed E-state index contributed by atoms with van der Waals surface area (Å²) in [5.74, 6) is 0.473. The Labute approximate surface area is 166 Å². The Hall–Kier alpha value is -1.44. The monoisotopic (exact) mass is 441 g/mol. The molecule has 0 radical (unpaired) electrons. The lowest BCUT2D eigenvalue weighted by Gasteiger charge is -2.13. The summed E-state index contributed by atoms with van der Waals surface area (Å²) >= 11 is 9.71. The summed E-state index contributed by atoms with van der Waals surface area (Å²) in [5, 5.41) is 10.1. The van der Waals surface area contributed by atoms with Crippen LogP contribution in [0.2, 0.25) is 5.02 Å². The summed E-state index contributed by atoms with van der Waals surface area (Å²) in [6.45, 7) is 0.863. The van der Waals surface area contributed by atoms with Crippen molar-refractivity contribution in [3.8, 4) is 5.75 Å². The highest BCUT2D eigenvalue weighted by Crippen LogP contribution is 2.32. The van der Waals surface area contributed by atoms with Crippen LogP contribution >= 0.6 is 27.5 Å². The van der Waals surface area contributed by atoms with E-state index < -0.39 is 0 Å². The van der Waals surface area contributed by atoms with E-state index in [9.17, 15) is 5.11 Å². The van der Waals surface area contributed by atoms with Crippen molar-refractivity contribution >= 4 is 33.7 Å². The van der Waals surface area contributed by atoms with E-state index in [1.54, 1.807) is 19.4 Å². The lowest BCUT2D eigenvalue weighted by Crippen LogP contribution is -2.09. The van der Waals surface area contributed by atoms with Crippen LogP contribution < -0.4 is 4.74 Å². The molecule has 0 amide bonds. The maximum atomic E-state index is 9.65. The highest BCUT2D eigenvalue weighted by molar-refractivity contribution is 9.10. The normalized spacial score (nSPS) is 12.5. The summed E-state index contributed by atoms with van der Waals surface area (Å²) in [6, 6.07) is 12.8. The number of ether oxygens (including phenoxy) is 3. The lowest BCUT2D eigenvalue weighted by molar-refractivity contribution is -0.00849. The van der Waals surface area contributed by atoms with Gasteiger partial charge in [-0.3, -0.25) is 4.99 Å². The fraction of sp³-hybridized carbons (Fsp3) is 0.316. The molecule has 0 heterocycles. The van der Waals surface area contributed by atoms with E-state index in [1.165, 1.54) is 0 Å². The highest BCUT2D eigenvalue weighted by Gasteiger charge is 2.12. The molecule has 0 saturated heterocycles. The van der Waals surface area contributed by atoms with Crippen LogP contribution in [0.3, 0.4) is 0 Å². The van der Waals surface area contributed by atoms with E-state index in [-0.39, 0.29) is 19.4 Å². The Bertz CT molecular complexity index is 712. The minimum Gasteiger partial charge on any atom is -0.465 e. The number of hydrogen-bond donors (Lipinski definition) is 1. The molecular formula is C19H21BrClNO4. The molecule has 2 rings (SSSR count). The third-order valence-electron chi connectivity index (χ3n) is 3.51. The Kier molecular flexibility index (Phi) is 9.08. The van der Waals surface area contributed by atoms with Gasteiger partial charge in [-0.25, -0.2) is 0 Å². The van der Waals surface area contributed by atoms with Gasteiger partial charge < -0.3 is 19.3 Å². The van der Waals surface area contributed by atoms with Crippen molar-refractivity contribution in [2.45, 2.75) is 6.04 Å². The van der Waals surface area contributed by atoms with Gasteiger partial charge in [0.2, 0.25) is 0 Å². The van der Waals surface area contributed by atoms with Crippen LogP contribution in [0.25, 0.3) is 0 Å². The predicted molar refractivity (Wildman–Crippen MR) is 106 cm³/mol. The number of aliphatic hydroxyl groups excluding tert-OH is 1. The standard InChI is InChI=1S/C19H21BrClNO4/c1-24-7-8-25-13-26-19-15(9-16(20)10-17(19)21)11-22-18(12-23)14-5-3-2-4-6-14/h2-6,9-11,18,23H,7-8,12-13H2,1H3. The van der Waals surface area contributed by atoms with E-state index in [1.807, 2.05) is 36.4 Å². The van der Waals surface area contributed by atoms with E-state index in [4.69, 9.17) is 25.8 Å². The van der Waals surface area contributed by atoms with Gasteiger partial charge in [0.05, 0.1) is 30.9 Å². The summed E-state index contributed by atoms with van der Waals surface area (Å²) < 4.78 is 16.7. The zero-order valence-corrected chi connectivity index (χ0v) is 16.7. The summed E-state index contributed by atoms with van der Waals surface area (Å²) in [7, 11) is 1.61. The van der Waals surface area contributed by atoms with Crippen molar-refractivity contribution in [2.75, 3.05) is 33.7 Å². The second-order valence-electron chi connectivity index (χ2n) is 5.36. The van der Waals surface area contributed by atoms with Crippen LogP contribution in [0.5, 0.6) is 5.75 Å². The van der Waals surface area contributed by atoms with Crippen molar-refractivity contribution in [1.82, 2.24) is 0 Å². The van der Waals surface area contributed by atoms with Crippen LogP contribution in [0.4, 0.5) is 0 Å². The van der Waals surface area contributed by atoms with Crippen molar-refractivity contribution in [2.24, 2.45) is 4.99 Å². The molecule has 5 nitrogen and oxygen atoms in total. The SMILES string of the molecule is COCCOCOc1c(Cl)cc(Br)cc1C=NC(CO)c1ccccc1. The first-order valence-electron chi connectivity index (χ1n) is 8.03. The van der Waals surface area contributed by atoms with Crippen LogP contribution in [-0.2, 0) is 9.47 Å². The fourth-order valence-corrected chi connectivity index (χ4v) is 3.10. The number of halogens is 2. The molecule has 0 aliphatic carbocycles. The Morgan fingerprint density at radius 3 is 2.69 bits per heavy atom. The number of benzene rings is 2. The van der Waals surface area contributed by atoms with Crippen molar-refractivity contribution in [1.29, 1.82) is 0 Å². The topological polar surface area (TPSA) is 60.3 Å². The molecule has 2 aromatic rings. The molecule has 0 spiro atoms. The quantitative estimate of drug-likeness (QED) is 0.339. The maximum absolute atomic E-state index is 9.65. The maximum Gasteiger partial charge on any atom is 0.189 e. The molecular weight excluding hydrogens is 422 g/mol. The second-order valence-corrected chi connectivity index (χ2v) is 6.68. The summed E-state index contributed by atoms with van der Waals surface area (Å²) in [5.41, 5.74) is 1.62. The van der Waals surface area contributed by atoms with Gasteiger partial charge in [-0.2, -0.15) is 0 Å². The first-order valence-corrected chi connectivity index (χ1v) is 9.20. The van der Waals surface area contributed by atoms with E-state index in [0.717, 1.165) is 10.0 Å². The lowest BCUT2D eigenvalue weighted by atomic mass is 10.1. The third-order valence-corrected chi connectivity index (χ3v) is 4.24. The molecule has 0 aromatic heterocycles. The van der Waals surface area contributed by atoms with E-state index >= 15 is 0 Å². The predicted octanol–water partition coefficient (Wildman–Crippen LogP) is 4.25. The second kappa shape index (κ2) is 11.3. The van der Waals surface area contributed by atoms with Gasteiger partial charge in [-0.1, -0.05) is 57.9 Å². The molecule has 7 heteroatoms. The molecule has 140 valence electrons. The Morgan fingerprint density at radius 1 is 1.23 bits per heavy atom. The molecule has 26 heavy (non-hydrogen) atoms. The number of hydrogen-bond acceptors (Lipinski definition) is 5. The zero-order chi connectivity index (χ0) is 18.8. The minimum atomic E-state index is -0.361. The number of methoxy groups -OCH3 is 1. The number of rotatable bonds is 10. The van der Waals surface area contributed by atoms with Gasteiger partial charge >= 0.3 is 0 Å². The molecule has 0 aliphatic heterocycles. The van der Waals surface area contributed by atoms with Gasteiger partial charge in [0.25, 0.3) is 0 Å². The van der Waals surface area contributed by atoms with Crippen LogP contribution in [-0.4, -0.2) is 45.0 Å². The average Bonchev–Trinajstić information content (AvgIpc) is 2.64. The van der Waals surface area contributed by atoms with Gasteiger partial charge in [0, 0.05) is 23.4 Å². The number of aliphatic imine (C=N–C) groups is 1. The summed E-state index contributed by atoms with van der Waals surface area (Å²) in [4.78, 5) is 4.49. The molecule has 2 aromatic carbocycles. The fourth-order valence-electron chi connectivity index (χ4n) is 2.21. The minimum absolute atomic E-state index is 0.0493. The molecule has 0 saturated carbocycles. The largest absolute Gasteiger partial charge is 0.465 e. The van der Waals surface area contributed by atoms with Crippen LogP contribution in [0.15, 0.2) is 51.9 Å². The molecule has 1 N–H and O–H groups in total. The molecule has 0 fully saturated rings. The number of aliphatic hydroxyl groups is 1. The first kappa shape index (κ1) is 20.9. The van der Waals surface area contributed by atoms with Crippen molar-refractivity contribution < 1.29 is 19.3 Å². The van der Waals surface area contributed by atoms with Gasteiger partial charge in [-0.05, 0) is 17.7 Å². The van der Waals surface area contributed by atoms with Gasteiger partial charge in [0.15, 0.2) is 6.79 Å². The van der Waals surface area contributed by atoms with Crippen molar-refractivity contribution in [3.63, 3.8) is 0 Å². The van der Waals surface area contributed by atoms with E-state index in [0.29, 0.717) is 29.5 Å². The first-order chi connectivity index (χ1) is 12.7. The molecule has 1 unspecified atom stereocenters. The van der Waals surface area contributed by atoms with Crippen LogP contribution in [0.1, 0.15) is 17.2 Å². The molecule has 0 bridgehead atoms. The summed E-state index contributed by atoms with van der Waals surface area (Å²) in [6.07, 6.45) is 1.65. The van der Waals surface area contributed by atoms with Gasteiger partial charge in [0.1, 0.15) is 5.75 Å². The molecule has 1 atom stereocenters. The number of nitrogens with zero attached hydrogens (tertiary/aromatic N) is 1. The van der Waals surface area contributed by atoms with Gasteiger partial charge in [-0.15, -0.1) is 0 Å². The highest BCUT2D eigenvalue weighted by atomic mass is 79.9. The van der Waals surface area contributed by atoms with Crippen LogP contribution in [0, 0.1) is 0 Å². The Balaban J connectivity index is 2.16. The zero-order valence-electron chi connectivity index (χ0n) is 14.4. The van der Waals surface area contributed by atoms with E-state index in [2.05, 4.69) is 20.9 Å². The molecule has 0 aliphatic rings.